The van der Waals surface area contributed by atoms with Gasteiger partial charge in [-0.05, 0) is 50.5 Å². The minimum absolute atomic E-state index is 0.0452. The van der Waals surface area contributed by atoms with Gasteiger partial charge in [0.15, 0.2) is 11.5 Å². The number of hydrogen-bond donors (Lipinski definition) is 1. The number of amides is 2. The zero-order valence-corrected chi connectivity index (χ0v) is 21.6. The van der Waals surface area contributed by atoms with Crippen LogP contribution in [0.15, 0.2) is 42.5 Å². The van der Waals surface area contributed by atoms with E-state index in [2.05, 4.69) is 5.32 Å². The molecule has 10 heteroatoms. The number of nitrogens with one attached hydrogen (secondary N) is 1. The van der Waals surface area contributed by atoms with Crippen LogP contribution in [0.25, 0.3) is 0 Å². The number of carbonyl (C=O) groups excluding carboxylic acids is 2. The third kappa shape index (κ3) is 6.45. The number of rotatable bonds is 10. The highest BCUT2D eigenvalue weighted by molar-refractivity contribution is 7.92. The fourth-order valence-electron chi connectivity index (χ4n) is 3.67. The van der Waals surface area contributed by atoms with Crippen molar-refractivity contribution in [3.05, 3.63) is 53.6 Å². The first-order valence-corrected chi connectivity index (χ1v) is 13.4. The van der Waals surface area contributed by atoms with E-state index in [9.17, 15) is 18.0 Å². The van der Waals surface area contributed by atoms with E-state index < -0.39 is 28.5 Å². The molecule has 0 spiro atoms. The lowest BCUT2D eigenvalue weighted by molar-refractivity contribution is -0.139. The second-order valence-corrected chi connectivity index (χ2v) is 10.7. The van der Waals surface area contributed by atoms with Crippen LogP contribution in [-0.2, 0) is 26.2 Å². The van der Waals surface area contributed by atoms with Crippen LogP contribution in [-0.4, -0.2) is 56.8 Å². The lowest BCUT2D eigenvalue weighted by Crippen LogP contribution is -2.52. The standard InChI is InChI=1S/C25H33N3O6S/c1-6-18(3)26-25(30)19(4)27(14-20-10-8-7-9-17(20)2)24(29)15-28(35(5,31)32)21-11-12-22-23(13-21)34-16-33-22/h7-13,18-19H,6,14-16H2,1-5H3,(H,26,30)/t18-,19-/m1/s1. The fourth-order valence-corrected chi connectivity index (χ4v) is 4.51. The van der Waals surface area contributed by atoms with Gasteiger partial charge in [0.25, 0.3) is 0 Å². The van der Waals surface area contributed by atoms with Crippen LogP contribution in [0.2, 0.25) is 0 Å². The maximum Gasteiger partial charge on any atom is 0.244 e. The van der Waals surface area contributed by atoms with Crippen LogP contribution in [0.1, 0.15) is 38.3 Å². The largest absolute Gasteiger partial charge is 0.454 e. The van der Waals surface area contributed by atoms with Crippen molar-refractivity contribution in [2.45, 2.75) is 52.7 Å². The van der Waals surface area contributed by atoms with Gasteiger partial charge in [-0.3, -0.25) is 13.9 Å². The zero-order valence-electron chi connectivity index (χ0n) is 20.8. The summed E-state index contributed by atoms with van der Waals surface area (Å²) in [7, 11) is -3.82. The van der Waals surface area contributed by atoms with E-state index in [1.54, 1.807) is 19.1 Å². The Balaban J connectivity index is 1.92. The summed E-state index contributed by atoms with van der Waals surface area (Å²) in [5.41, 5.74) is 2.12. The van der Waals surface area contributed by atoms with Gasteiger partial charge in [0, 0.05) is 18.7 Å². The zero-order chi connectivity index (χ0) is 25.8. The highest BCUT2D eigenvalue weighted by Crippen LogP contribution is 2.36. The summed E-state index contributed by atoms with van der Waals surface area (Å²) in [5.74, 6) is 0.116. The minimum atomic E-state index is -3.82. The molecule has 0 bridgehead atoms. The molecule has 1 N–H and O–H groups in total. The Bertz CT molecular complexity index is 1180. The molecule has 35 heavy (non-hydrogen) atoms. The van der Waals surface area contributed by atoms with E-state index in [-0.39, 0.29) is 31.0 Å². The Morgan fingerprint density at radius 1 is 1.09 bits per heavy atom. The van der Waals surface area contributed by atoms with Crippen LogP contribution < -0.4 is 19.1 Å². The van der Waals surface area contributed by atoms with Crippen molar-refractivity contribution in [1.29, 1.82) is 0 Å². The van der Waals surface area contributed by atoms with Crippen molar-refractivity contribution in [3.63, 3.8) is 0 Å². The molecular weight excluding hydrogens is 470 g/mol. The van der Waals surface area contributed by atoms with Gasteiger partial charge in [0.2, 0.25) is 28.6 Å². The second kappa shape index (κ2) is 11.0. The maximum atomic E-state index is 13.6. The molecule has 0 unspecified atom stereocenters. The molecule has 2 aromatic rings. The van der Waals surface area contributed by atoms with Crippen LogP contribution in [0.3, 0.4) is 0 Å². The van der Waals surface area contributed by atoms with Crippen molar-refractivity contribution >= 4 is 27.5 Å². The third-order valence-corrected chi connectivity index (χ3v) is 7.23. The van der Waals surface area contributed by atoms with E-state index in [4.69, 9.17) is 9.47 Å². The first-order valence-electron chi connectivity index (χ1n) is 11.5. The van der Waals surface area contributed by atoms with E-state index in [0.29, 0.717) is 11.5 Å². The number of ether oxygens (including phenoxy) is 2. The number of benzene rings is 2. The number of nitrogens with zero attached hydrogens (tertiary/aromatic N) is 2. The Labute approximate surface area is 207 Å². The highest BCUT2D eigenvalue weighted by atomic mass is 32.2. The quantitative estimate of drug-likeness (QED) is 0.535. The molecule has 0 saturated carbocycles. The van der Waals surface area contributed by atoms with E-state index in [0.717, 1.165) is 28.1 Å². The van der Waals surface area contributed by atoms with Crippen LogP contribution in [0.4, 0.5) is 5.69 Å². The Hall–Kier alpha value is -3.27. The molecule has 3 rings (SSSR count). The van der Waals surface area contributed by atoms with Crippen LogP contribution in [0.5, 0.6) is 11.5 Å². The molecule has 2 atom stereocenters. The van der Waals surface area contributed by atoms with Crippen LogP contribution >= 0.6 is 0 Å². The fraction of sp³-hybridized carbons (Fsp3) is 0.440. The molecule has 0 fully saturated rings. The molecule has 1 heterocycles. The average Bonchev–Trinajstić information content (AvgIpc) is 3.28. The SMILES string of the molecule is CC[C@@H](C)NC(=O)[C@@H](C)N(Cc1ccccc1C)C(=O)CN(c1ccc2c(c1)OCO2)S(C)(=O)=O. The monoisotopic (exact) mass is 503 g/mol. The Kier molecular flexibility index (Phi) is 8.26. The summed E-state index contributed by atoms with van der Waals surface area (Å²) < 4.78 is 37.1. The topological polar surface area (TPSA) is 105 Å². The molecule has 2 amide bonds. The highest BCUT2D eigenvalue weighted by Gasteiger charge is 2.31. The van der Waals surface area contributed by atoms with Gasteiger partial charge < -0.3 is 19.7 Å². The molecule has 9 nitrogen and oxygen atoms in total. The molecular formula is C25H33N3O6S. The summed E-state index contributed by atoms with van der Waals surface area (Å²) in [6, 6.07) is 11.4. The first-order chi connectivity index (χ1) is 16.5. The van der Waals surface area contributed by atoms with Gasteiger partial charge in [-0.2, -0.15) is 0 Å². The van der Waals surface area contributed by atoms with Gasteiger partial charge in [-0.15, -0.1) is 0 Å². The molecule has 0 aromatic heterocycles. The van der Waals surface area contributed by atoms with Crippen molar-refractivity contribution in [1.82, 2.24) is 10.2 Å². The lowest BCUT2D eigenvalue weighted by atomic mass is 10.1. The number of fused-ring (bicyclic) bond motifs is 1. The molecule has 2 aromatic carbocycles. The van der Waals surface area contributed by atoms with Gasteiger partial charge in [0.1, 0.15) is 12.6 Å². The third-order valence-electron chi connectivity index (χ3n) is 6.09. The number of carbonyl (C=O) groups is 2. The summed E-state index contributed by atoms with van der Waals surface area (Å²) in [4.78, 5) is 28.0. The molecule has 1 aliphatic rings. The van der Waals surface area contributed by atoms with Gasteiger partial charge >= 0.3 is 0 Å². The van der Waals surface area contributed by atoms with Gasteiger partial charge in [-0.1, -0.05) is 31.2 Å². The molecule has 190 valence electrons. The molecule has 0 aliphatic carbocycles. The molecule has 0 saturated heterocycles. The lowest BCUT2D eigenvalue weighted by Gasteiger charge is -2.32. The maximum absolute atomic E-state index is 13.6. The number of aryl methyl sites for hydroxylation is 1. The number of sulfonamides is 1. The summed E-state index contributed by atoms with van der Waals surface area (Å²) in [6.07, 6.45) is 1.78. The normalized spacial score (nSPS) is 14.2. The summed E-state index contributed by atoms with van der Waals surface area (Å²) in [6.45, 7) is 7.18. The van der Waals surface area contributed by atoms with E-state index in [1.807, 2.05) is 45.0 Å². The smallest absolute Gasteiger partial charge is 0.244 e. The van der Waals surface area contributed by atoms with Crippen molar-refractivity contribution in [2.75, 3.05) is 23.9 Å². The van der Waals surface area contributed by atoms with Crippen molar-refractivity contribution in [3.8, 4) is 11.5 Å². The Morgan fingerprint density at radius 3 is 2.43 bits per heavy atom. The van der Waals surface area contributed by atoms with E-state index in [1.165, 1.54) is 11.0 Å². The number of hydrogen-bond acceptors (Lipinski definition) is 6. The van der Waals surface area contributed by atoms with Crippen molar-refractivity contribution < 1.29 is 27.5 Å². The molecule has 1 aliphatic heterocycles. The Morgan fingerprint density at radius 2 is 1.77 bits per heavy atom. The van der Waals surface area contributed by atoms with E-state index >= 15 is 0 Å². The second-order valence-electron chi connectivity index (χ2n) is 8.75. The van der Waals surface area contributed by atoms with Crippen molar-refractivity contribution in [2.24, 2.45) is 0 Å². The van der Waals surface area contributed by atoms with Gasteiger partial charge in [-0.25, -0.2) is 8.42 Å². The van der Waals surface area contributed by atoms with Crippen LogP contribution in [0, 0.1) is 6.92 Å². The predicted molar refractivity (Wildman–Crippen MR) is 134 cm³/mol. The molecule has 0 radical (unpaired) electrons. The average molecular weight is 504 g/mol. The first kappa shape index (κ1) is 26.3. The summed E-state index contributed by atoms with van der Waals surface area (Å²) >= 11 is 0. The number of anilines is 1. The summed E-state index contributed by atoms with van der Waals surface area (Å²) in [5, 5.41) is 2.91. The predicted octanol–water partition coefficient (Wildman–Crippen LogP) is 2.82. The van der Waals surface area contributed by atoms with Gasteiger partial charge in [0.05, 0.1) is 11.9 Å². The minimum Gasteiger partial charge on any atom is -0.454 e.